The fraction of sp³-hybridized carbons (Fsp3) is 0.227. The van der Waals surface area contributed by atoms with E-state index in [9.17, 15) is 4.79 Å². The molecule has 0 aliphatic heterocycles. The lowest BCUT2D eigenvalue weighted by molar-refractivity contribution is -0.675. The van der Waals surface area contributed by atoms with E-state index >= 15 is 0 Å². The summed E-state index contributed by atoms with van der Waals surface area (Å²) in [5.41, 5.74) is 3.07. The number of nitrogens with two attached hydrogens (primary N) is 1. The molecule has 146 valence electrons. The van der Waals surface area contributed by atoms with Crippen LogP contribution >= 0.6 is 22.9 Å². The average Bonchev–Trinajstić information content (AvgIpc) is 3.23. The van der Waals surface area contributed by atoms with Gasteiger partial charge in [-0.05, 0) is 41.6 Å². The first kappa shape index (κ1) is 20.4. The van der Waals surface area contributed by atoms with Gasteiger partial charge in [-0.3, -0.25) is 4.79 Å². The Morgan fingerprint density at radius 3 is 2.64 bits per heavy atom. The SMILES string of the molecule is CCc1ccc([C@@H]([NH2+]CC(=O)Nc2cc(Cl)ccc2OC)c2cccs2)cc1. The molecule has 0 saturated carbocycles. The molecule has 0 saturated heterocycles. The number of hydrogen-bond donors (Lipinski definition) is 2. The molecule has 2 aromatic carbocycles. The highest BCUT2D eigenvalue weighted by molar-refractivity contribution is 7.10. The zero-order chi connectivity index (χ0) is 19.9. The number of carbonyl (C=O) groups is 1. The zero-order valence-corrected chi connectivity index (χ0v) is 17.5. The van der Waals surface area contributed by atoms with Crippen molar-refractivity contribution >= 4 is 34.5 Å². The van der Waals surface area contributed by atoms with Crippen LogP contribution < -0.4 is 15.4 Å². The van der Waals surface area contributed by atoms with E-state index in [1.807, 2.05) is 6.07 Å². The molecule has 0 unspecified atom stereocenters. The van der Waals surface area contributed by atoms with Gasteiger partial charge < -0.3 is 15.4 Å². The number of thiophene rings is 1. The van der Waals surface area contributed by atoms with Crippen molar-refractivity contribution in [3.63, 3.8) is 0 Å². The van der Waals surface area contributed by atoms with Gasteiger partial charge in [0.1, 0.15) is 11.8 Å². The lowest BCUT2D eigenvalue weighted by Crippen LogP contribution is -2.87. The normalized spacial score (nSPS) is 11.8. The number of anilines is 1. The van der Waals surface area contributed by atoms with Crippen LogP contribution in [0.4, 0.5) is 5.69 Å². The molecule has 1 atom stereocenters. The van der Waals surface area contributed by atoms with Crippen molar-refractivity contribution in [2.75, 3.05) is 19.0 Å². The third kappa shape index (κ3) is 5.13. The van der Waals surface area contributed by atoms with Crippen LogP contribution in [-0.4, -0.2) is 19.6 Å². The molecule has 0 fully saturated rings. The molecule has 28 heavy (non-hydrogen) atoms. The Labute approximate surface area is 174 Å². The van der Waals surface area contributed by atoms with Gasteiger partial charge >= 0.3 is 0 Å². The fourth-order valence-electron chi connectivity index (χ4n) is 3.05. The summed E-state index contributed by atoms with van der Waals surface area (Å²) in [6, 6.07) is 18.0. The average molecular weight is 416 g/mol. The Bertz CT molecular complexity index is 911. The van der Waals surface area contributed by atoms with Gasteiger partial charge in [-0.25, -0.2) is 0 Å². The van der Waals surface area contributed by atoms with Crippen molar-refractivity contribution < 1.29 is 14.8 Å². The zero-order valence-electron chi connectivity index (χ0n) is 15.9. The van der Waals surface area contributed by atoms with Crippen molar-refractivity contribution in [1.82, 2.24) is 0 Å². The summed E-state index contributed by atoms with van der Waals surface area (Å²) < 4.78 is 5.29. The van der Waals surface area contributed by atoms with Gasteiger partial charge in [0.15, 0.2) is 6.54 Å². The molecule has 3 rings (SSSR count). The largest absolute Gasteiger partial charge is 0.495 e. The van der Waals surface area contributed by atoms with E-state index in [0.29, 0.717) is 16.5 Å². The minimum Gasteiger partial charge on any atom is -0.495 e. The second-order valence-corrected chi connectivity index (χ2v) is 7.84. The highest BCUT2D eigenvalue weighted by Crippen LogP contribution is 2.27. The molecule has 3 N–H and O–H groups in total. The molecule has 1 heterocycles. The van der Waals surface area contributed by atoms with E-state index in [1.165, 1.54) is 16.0 Å². The number of methoxy groups -OCH3 is 1. The van der Waals surface area contributed by atoms with E-state index in [0.717, 1.165) is 6.42 Å². The van der Waals surface area contributed by atoms with Gasteiger partial charge in [0.2, 0.25) is 0 Å². The Morgan fingerprint density at radius 2 is 2.00 bits per heavy atom. The number of aryl methyl sites for hydroxylation is 1. The lowest BCUT2D eigenvalue weighted by atomic mass is 10.0. The second-order valence-electron chi connectivity index (χ2n) is 6.42. The summed E-state index contributed by atoms with van der Waals surface area (Å²) in [6.07, 6.45) is 1.01. The maximum Gasteiger partial charge on any atom is 0.279 e. The molecule has 0 aliphatic rings. The summed E-state index contributed by atoms with van der Waals surface area (Å²) in [5.74, 6) is 0.481. The number of halogens is 1. The molecule has 0 aliphatic carbocycles. The van der Waals surface area contributed by atoms with E-state index in [-0.39, 0.29) is 18.5 Å². The Balaban J connectivity index is 1.71. The van der Waals surface area contributed by atoms with Crippen LogP contribution in [0.3, 0.4) is 0 Å². The number of hydrogen-bond acceptors (Lipinski definition) is 3. The predicted octanol–water partition coefficient (Wildman–Crippen LogP) is 4.26. The quantitative estimate of drug-likeness (QED) is 0.577. The highest BCUT2D eigenvalue weighted by Gasteiger charge is 2.20. The Morgan fingerprint density at radius 1 is 1.21 bits per heavy atom. The number of benzene rings is 2. The second kappa shape index (κ2) is 9.73. The monoisotopic (exact) mass is 415 g/mol. The molecular formula is C22H24ClN2O2S+. The first-order valence-corrected chi connectivity index (χ1v) is 10.5. The lowest BCUT2D eigenvalue weighted by Gasteiger charge is -2.16. The Hall–Kier alpha value is -2.34. The Kier molecular flexibility index (Phi) is 7.09. The van der Waals surface area contributed by atoms with E-state index in [4.69, 9.17) is 16.3 Å². The minimum atomic E-state index is -0.104. The maximum atomic E-state index is 12.6. The molecule has 3 aromatic rings. The number of quaternary nitrogens is 1. The van der Waals surface area contributed by atoms with Crippen LogP contribution in [0.15, 0.2) is 60.0 Å². The first-order chi connectivity index (χ1) is 13.6. The number of carbonyl (C=O) groups excluding carboxylic acids is 1. The van der Waals surface area contributed by atoms with Crippen molar-refractivity contribution in [2.45, 2.75) is 19.4 Å². The van der Waals surface area contributed by atoms with Crippen molar-refractivity contribution in [3.05, 3.63) is 81.0 Å². The molecule has 4 nitrogen and oxygen atoms in total. The topological polar surface area (TPSA) is 54.9 Å². The summed E-state index contributed by atoms with van der Waals surface area (Å²) in [4.78, 5) is 13.8. The van der Waals surface area contributed by atoms with E-state index in [1.54, 1.807) is 36.6 Å². The third-order valence-corrected chi connectivity index (χ3v) is 5.76. The minimum absolute atomic E-state index is 0.0814. The van der Waals surface area contributed by atoms with Gasteiger partial charge in [-0.1, -0.05) is 48.9 Å². The molecule has 0 spiro atoms. The van der Waals surface area contributed by atoms with E-state index < -0.39 is 0 Å². The van der Waals surface area contributed by atoms with Crippen LogP contribution in [0.5, 0.6) is 5.75 Å². The first-order valence-electron chi connectivity index (χ1n) is 9.19. The van der Waals surface area contributed by atoms with Crippen LogP contribution in [0.25, 0.3) is 0 Å². The van der Waals surface area contributed by atoms with Crippen LogP contribution in [0.2, 0.25) is 5.02 Å². The summed E-state index contributed by atoms with van der Waals surface area (Å²) in [6.45, 7) is 2.43. The standard InChI is InChI=1S/C22H23ClN2O2S/c1-3-15-6-8-16(9-7-15)22(20-5-4-12-28-20)24-14-21(26)25-18-13-17(23)10-11-19(18)27-2/h4-13,22,24H,3,14H2,1-2H3,(H,25,26)/p+1/t22-/m1/s1. The summed E-state index contributed by atoms with van der Waals surface area (Å²) in [5, 5.41) is 7.56. The summed E-state index contributed by atoms with van der Waals surface area (Å²) >= 11 is 7.74. The van der Waals surface area contributed by atoms with Crippen LogP contribution in [0.1, 0.15) is 29.0 Å². The van der Waals surface area contributed by atoms with Gasteiger partial charge in [0.25, 0.3) is 5.91 Å². The maximum absolute atomic E-state index is 12.6. The molecule has 1 amide bonds. The molecular weight excluding hydrogens is 392 g/mol. The number of ether oxygens (including phenoxy) is 1. The van der Waals surface area contributed by atoms with Gasteiger partial charge in [0.05, 0.1) is 17.7 Å². The smallest absolute Gasteiger partial charge is 0.279 e. The number of amides is 1. The van der Waals surface area contributed by atoms with E-state index in [2.05, 4.69) is 53.3 Å². The van der Waals surface area contributed by atoms with Crippen molar-refractivity contribution in [1.29, 1.82) is 0 Å². The van der Waals surface area contributed by atoms with Crippen LogP contribution in [0, 0.1) is 0 Å². The predicted molar refractivity (Wildman–Crippen MR) is 115 cm³/mol. The number of nitrogens with one attached hydrogen (secondary N) is 1. The molecule has 0 radical (unpaired) electrons. The van der Waals surface area contributed by atoms with Crippen molar-refractivity contribution in [3.8, 4) is 5.75 Å². The fourth-order valence-corrected chi connectivity index (χ4v) is 4.07. The summed E-state index contributed by atoms with van der Waals surface area (Å²) in [7, 11) is 1.57. The molecule has 0 bridgehead atoms. The van der Waals surface area contributed by atoms with Crippen LogP contribution in [-0.2, 0) is 11.2 Å². The van der Waals surface area contributed by atoms with Crippen molar-refractivity contribution in [2.24, 2.45) is 0 Å². The van der Waals surface area contributed by atoms with Gasteiger partial charge in [-0.2, -0.15) is 0 Å². The highest BCUT2D eigenvalue weighted by atomic mass is 35.5. The third-order valence-electron chi connectivity index (χ3n) is 4.57. The number of rotatable bonds is 8. The van der Waals surface area contributed by atoms with Gasteiger partial charge in [0, 0.05) is 10.6 Å². The molecule has 1 aromatic heterocycles. The molecule has 6 heteroatoms. The van der Waals surface area contributed by atoms with Gasteiger partial charge in [-0.15, -0.1) is 11.3 Å².